The molecule has 0 aliphatic carbocycles. The second-order valence-electron chi connectivity index (χ2n) is 2.87. The van der Waals surface area contributed by atoms with Crippen LogP contribution in [-0.2, 0) is 15.8 Å². The molecule has 0 saturated carbocycles. The second kappa shape index (κ2) is 9.12. The average molecular weight is 254 g/mol. The smallest absolute Gasteiger partial charge is 0.691 e. The summed E-state index contributed by atoms with van der Waals surface area (Å²) in [7, 11) is 0. The van der Waals surface area contributed by atoms with Gasteiger partial charge >= 0.3 is 29.6 Å². The summed E-state index contributed by atoms with van der Waals surface area (Å²) >= 11 is 0.904. The number of aromatic hydroxyl groups is 2. The van der Waals surface area contributed by atoms with Gasteiger partial charge in [-0.15, -0.1) is 0 Å². The molecule has 1 rings (SSSR count). The van der Waals surface area contributed by atoms with Crippen molar-refractivity contribution in [2.45, 2.75) is 12.8 Å². The third kappa shape index (κ3) is 5.95. The number of hydrogen-bond donors (Lipinski definition) is 2. The first kappa shape index (κ1) is 16.1. The zero-order valence-electron chi connectivity index (χ0n) is 8.88. The van der Waals surface area contributed by atoms with Gasteiger partial charge in [0.1, 0.15) is 11.5 Å². The SMILES string of the molecule is [Na+].[O-]OOSCCCc1cc(O)ccc1O. The molecule has 0 aromatic heterocycles. The molecule has 0 fully saturated rings. The standard InChI is InChI=1S/C9H12O5S.Na/c10-8-3-4-9(11)7(6-8)2-1-5-15-14-13-12;/h3-4,6,10-12H,1-2,5H2;/q;+1/p-1. The first-order chi connectivity index (χ1) is 7.24. The van der Waals surface area contributed by atoms with E-state index in [-0.39, 0.29) is 41.1 Å². The predicted molar refractivity (Wildman–Crippen MR) is 52.7 cm³/mol. The maximum atomic E-state index is 9.45. The first-order valence-corrected chi connectivity index (χ1v) is 5.24. The number of benzene rings is 1. The quantitative estimate of drug-likeness (QED) is 0.151. The van der Waals surface area contributed by atoms with Gasteiger partial charge in [-0.25, -0.2) is 0 Å². The zero-order valence-corrected chi connectivity index (χ0v) is 11.7. The Balaban J connectivity index is 0.00000225. The van der Waals surface area contributed by atoms with E-state index in [4.69, 9.17) is 0 Å². The van der Waals surface area contributed by atoms with Gasteiger partial charge < -0.3 is 15.5 Å². The fraction of sp³-hybridized carbons (Fsp3) is 0.333. The minimum absolute atomic E-state index is 0. The van der Waals surface area contributed by atoms with Crippen LogP contribution in [0.4, 0.5) is 0 Å². The van der Waals surface area contributed by atoms with Crippen LogP contribution >= 0.6 is 12.0 Å². The van der Waals surface area contributed by atoms with Gasteiger partial charge in [-0.05, 0) is 36.6 Å². The number of rotatable bonds is 6. The predicted octanol–water partition coefficient (Wildman–Crippen LogP) is -2.09. The molecule has 84 valence electrons. The molecule has 0 aliphatic heterocycles. The Morgan fingerprint density at radius 2 is 2.06 bits per heavy atom. The number of aryl methyl sites for hydroxylation is 1. The molecule has 1 aromatic carbocycles. The molecule has 0 aliphatic rings. The first-order valence-electron chi connectivity index (χ1n) is 4.33. The van der Waals surface area contributed by atoms with Gasteiger partial charge in [-0.1, -0.05) is 0 Å². The third-order valence-electron chi connectivity index (χ3n) is 1.81. The molecule has 0 unspecified atom stereocenters. The van der Waals surface area contributed by atoms with Crippen molar-refractivity contribution in [3.05, 3.63) is 23.8 Å². The van der Waals surface area contributed by atoms with E-state index in [2.05, 4.69) is 9.37 Å². The van der Waals surface area contributed by atoms with E-state index in [9.17, 15) is 15.5 Å². The molecule has 2 N–H and O–H groups in total. The van der Waals surface area contributed by atoms with Gasteiger partial charge in [-0.3, -0.25) is 5.04 Å². The molecular weight excluding hydrogens is 243 g/mol. The Labute approximate surface area is 120 Å². The monoisotopic (exact) mass is 254 g/mol. The van der Waals surface area contributed by atoms with Crippen molar-refractivity contribution in [1.82, 2.24) is 0 Å². The molecule has 0 spiro atoms. The van der Waals surface area contributed by atoms with Crippen molar-refractivity contribution in [3.63, 3.8) is 0 Å². The minimum Gasteiger partial charge on any atom is -0.691 e. The van der Waals surface area contributed by atoms with Crippen LogP contribution in [0.25, 0.3) is 0 Å². The third-order valence-corrected chi connectivity index (χ3v) is 2.42. The van der Waals surface area contributed by atoms with Gasteiger partial charge in [0, 0.05) is 17.8 Å². The van der Waals surface area contributed by atoms with Crippen molar-refractivity contribution >= 4 is 12.0 Å². The summed E-state index contributed by atoms with van der Waals surface area (Å²) < 4.78 is 4.07. The Hall–Kier alpha value is 0.0500. The number of phenolic OH excluding ortho intramolecular Hbond substituents is 2. The van der Waals surface area contributed by atoms with Crippen LogP contribution in [0.1, 0.15) is 12.0 Å². The van der Waals surface area contributed by atoms with Crippen molar-refractivity contribution in [2.75, 3.05) is 5.75 Å². The van der Waals surface area contributed by atoms with Crippen LogP contribution in [0.3, 0.4) is 0 Å². The van der Waals surface area contributed by atoms with Crippen LogP contribution < -0.4 is 34.8 Å². The summed E-state index contributed by atoms with van der Waals surface area (Å²) in [6.07, 6.45) is 1.29. The number of hydrogen-bond acceptors (Lipinski definition) is 6. The van der Waals surface area contributed by atoms with Gasteiger partial charge in [-0.2, -0.15) is 4.33 Å². The van der Waals surface area contributed by atoms with E-state index in [0.29, 0.717) is 24.2 Å². The maximum Gasteiger partial charge on any atom is 1.00 e. The molecule has 0 saturated heterocycles. The Morgan fingerprint density at radius 1 is 1.31 bits per heavy atom. The molecule has 5 nitrogen and oxygen atoms in total. The van der Waals surface area contributed by atoms with Gasteiger partial charge in [0.25, 0.3) is 0 Å². The van der Waals surface area contributed by atoms with Crippen LogP contribution in [0.2, 0.25) is 0 Å². The van der Waals surface area contributed by atoms with Gasteiger partial charge in [0.15, 0.2) is 0 Å². The molecule has 1 aromatic rings. The molecule has 0 radical (unpaired) electrons. The molecule has 16 heavy (non-hydrogen) atoms. The Bertz CT molecular complexity index is 310. The van der Waals surface area contributed by atoms with Crippen LogP contribution in [0.15, 0.2) is 18.2 Å². The van der Waals surface area contributed by atoms with Crippen molar-refractivity contribution in [2.24, 2.45) is 0 Å². The Kier molecular flexibility index (Phi) is 9.15. The Morgan fingerprint density at radius 3 is 2.75 bits per heavy atom. The van der Waals surface area contributed by atoms with Gasteiger partial charge in [0.05, 0.1) is 0 Å². The largest absolute Gasteiger partial charge is 1.00 e. The normalized spacial score (nSPS) is 9.81. The summed E-state index contributed by atoms with van der Waals surface area (Å²) in [5.74, 6) is 0.838. The van der Waals surface area contributed by atoms with Crippen LogP contribution in [-0.4, -0.2) is 16.0 Å². The average Bonchev–Trinajstić information content (AvgIpc) is 2.23. The van der Waals surface area contributed by atoms with E-state index in [1.54, 1.807) is 0 Å². The van der Waals surface area contributed by atoms with Crippen molar-refractivity contribution < 1.29 is 54.4 Å². The van der Waals surface area contributed by atoms with Crippen molar-refractivity contribution in [1.29, 1.82) is 0 Å². The van der Waals surface area contributed by atoms with E-state index in [1.165, 1.54) is 18.2 Å². The van der Waals surface area contributed by atoms with Crippen LogP contribution in [0.5, 0.6) is 11.5 Å². The van der Waals surface area contributed by atoms with E-state index < -0.39 is 0 Å². The molecule has 7 heteroatoms. The molecule has 0 atom stereocenters. The summed E-state index contributed by atoms with van der Waals surface area (Å²) in [5, 5.41) is 31.2. The number of phenols is 2. The zero-order chi connectivity index (χ0) is 11.1. The minimum atomic E-state index is 0. The summed E-state index contributed by atoms with van der Waals surface area (Å²) in [4.78, 5) is 0. The summed E-state index contributed by atoms with van der Waals surface area (Å²) in [6.45, 7) is 0. The fourth-order valence-corrected chi connectivity index (χ4v) is 1.52. The maximum absolute atomic E-state index is 9.45. The van der Waals surface area contributed by atoms with E-state index in [1.807, 2.05) is 0 Å². The molecular formula is C9H11NaO5S. The topological polar surface area (TPSA) is 82.0 Å². The van der Waals surface area contributed by atoms with Gasteiger partial charge in [0.2, 0.25) is 0 Å². The van der Waals surface area contributed by atoms with E-state index >= 15 is 0 Å². The van der Waals surface area contributed by atoms with E-state index in [0.717, 1.165) is 12.0 Å². The van der Waals surface area contributed by atoms with Crippen molar-refractivity contribution in [3.8, 4) is 11.5 Å². The molecule has 0 bridgehead atoms. The molecule has 0 amide bonds. The fourth-order valence-electron chi connectivity index (χ4n) is 1.15. The summed E-state index contributed by atoms with van der Waals surface area (Å²) in [6, 6.07) is 4.36. The second-order valence-corrected chi connectivity index (χ2v) is 3.65. The summed E-state index contributed by atoms with van der Waals surface area (Å²) in [5.41, 5.74) is 0.665. The van der Waals surface area contributed by atoms with Crippen LogP contribution in [0, 0.1) is 0 Å². The molecule has 0 heterocycles.